The molecule has 19 heavy (non-hydrogen) atoms. The smallest absolute Gasteiger partial charge is 0.0438 e. The average molecular weight is 280 g/mol. The van der Waals surface area contributed by atoms with Crippen LogP contribution in [0.1, 0.15) is 50.7 Å². The minimum Gasteiger partial charge on any atom is -0.310 e. The van der Waals surface area contributed by atoms with Crippen molar-refractivity contribution in [2.75, 3.05) is 0 Å². The summed E-state index contributed by atoms with van der Waals surface area (Å²) in [5.74, 6) is 1.61. The highest BCUT2D eigenvalue weighted by Gasteiger charge is 2.26. The van der Waals surface area contributed by atoms with E-state index in [-0.39, 0.29) is 0 Å². The van der Waals surface area contributed by atoms with Gasteiger partial charge in [0.05, 0.1) is 0 Å². The summed E-state index contributed by atoms with van der Waals surface area (Å²) in [6.45, 7) is 7.70. The van der Waals surface area contributed by atoms with Crippen molar-refractivity contribution in [1.82, 2.24) is 5.32 Å². The van der Waals surface area contributed by atoms with Gasteiger partial charge in [0, 0.05) is 17.6 Å². The molecule has 1 nitrogen and oxygen atoms in total. The summed E-state index contributed by atoms with van der Waals surface area (Å²) in [7, 11) is 0. The Bertz CT molecular complexity index is 414. The molecule has 0 saturated heterocycles. The molecule has 0 amide bonds. The van der Waals surface area contributed by atoms with Crippen LogP contribution in [-0.4, -0.2) is 6.04 Å². The highest BCUT2D eigenvalue weighted by molar-refractivity contribution is 6.31. The Morgan fingerprint density at radius 2 is 2.00 bits per heavy atom. The van der Waals surface area contributed by atoms with Gasteiger partial charge < -0.3 is 5.32 Å². The molecule has 0 aromatic heterocycles. The Morgan fingerprint density at radius 1 is 1.26 bits per heavy atom. The van der Waals surface area contributed by atoms with Gasteiger partial charge >= 0.3 is 0 Å². The van der Waals surface area contributed by atoms with E-state index in [0.717, 1.165) is 29.0 Å². The first-order valence-corrected chi connectivity index (χ1v) is 7.94. The molecule has 0 spiro atoms. The largest absolute Gasteiger partial charge is 0.310 e. The fraction of sp³-hybridized carbons (Fsp3) is 0.647. The highest BCUT2D eigenvalue weighted by atomic mass is 35.5. The van der Waals surface area contributed by atoms with E-state index in [9.17, 15) is 0 Å². The van der Waals surface area contributed by atoms with Gasteiger partial charge in [-0.3, -0.25) is 0 Å². The van der Waals surface area contributed by atoms with Gasteiger partial charge in [0.15, 0.2) is 0 Å². The number of hydrogen-bond acceptors (Lipinski definition) is 1. The fourth-order valence-corrected chi connectivity index (χ4v) is 3.41. The summed E-state index contributed by atoms with van der Waals surface area (Å²) >= 11 is 6.19. The molecule has 1 fully saturated rings. The zero-order valence-corrected chi connectivity index (χ0v) is 13.1. The lowest BCUT2D eigenvalue weighted by Gasteiger charge is -2.35. The molecular weight excluding hydrogens is 254 g/mol. The van der Waals surface area contributed by atoms with Crippen LogP contribution >= 0.6 is 11.6 Å². The SMILES string of the molecule is Cc1ccc(CNC2CCCCC2C(C)C)cc1Cl. The van der Waals surface area contributed by atoms with Crippen molar-refractivity contribution in [1.29, 1.82) is 0 Å². The monoisotopic (exact) mass is 279 g/mol. The van der Waals surface area contributed by atoms with Gasteiger partial charge in [-0.05, 0) is 48.8 Å². The van der Waals surface area contributed by atoms with Gasteiger partial charge in [-0.15, -0.1) is 0 Å². The van der Waals surface area contributed by atoms with Crippen molar-refractivity contribution in [2.45, 2.75) is 59.0 Å². The zero-order valence-electron chi connectivity index (χ0n) is 12.4. The quantitative estimate of drug-likeness (QED) is 0.822. The van der Waals surface area contributed by atoms with Crippen LogP contribution in [-0.2, 0) is 6.54 Å². The topological polar surface area (TPSA) is 12.0 Å². The minimum absolute atomic E-state index is 0.675. The molecule has 1 aromatic carbocycles. The van der Waals surface area contributed by atoms with Crippen molar-refractivity contribution < 1.29 is 0 Å². The second-order valence-corrected chi connectivity index (χ2v) is 6.67. The number of halogens is 1. The van der Waals surface area contributed by atoms with Crippen LogP contribution < -0.4 is 5.32 Å². The summed E-state index contributed by atoms with van der Waals surface area (Å²) in [5.41, 5.74) is 2.45. The molecule has 1 aromatic rings. The normalized spacial score (nSPS) is 23.8. The number of hydrogen-bond donors (Lipinski definition) is 1. The maximum absolute atomic E-state index is 6.19. The van der Waals surface area contributed by atoms with Crippen LogP contribution in [0.4, 0.5) is 0 Å². The predicted octanol–water partition coefficient (Wildman–Crippen LogP) is 4.95. The third kappa shape index (κ3) is 3.97. The van der Waals surface area contributed by atoms with Crippen LogP contribution in [0.25, 0.3) is 0 Å². The Morgan fingerprint density at radius 3 is 2.68 bits per heavy atom. The summed E-state index contributed by atoms with van der Waals surface area (Å²) < 4.78 is 0. The lowest BCUT2D eigenvalue weighted by atomic mass is 9.78. The molecule has 2 unspecified atom stereocenters. The van der Waals surface area contributed by atoms with Gasteiger partial charge in [-0.2, -0.15) is 0 Å². The minimum atomic E-state index is 0.675. The molecule has 2 atom stereocenters. The van der Waals surface area contributed by atoms with Crippen molar-refractivity contribution in [3.05, 3.63) is 34.3 Å². The number of aryl methyl sites for hydroxylation is 1. The van der Waals surface area contributed by atoms with Crippen molar-refractivity contribution in [3.63, 3.8) is 0 Å². The Hall–Kier alpha value is -0.530. The van der Waals surface area contributed by atoms with Crippen LogP contribution in [0.2, 0.25) is 5.02 Å². The molecule has 0 aliphatic heterocycles. The average Bonchev–Trinajstić information content (AvgIpc) is 2.40. The second kappa shape index (κ2) is 6.76. The first kappa shape index (κ1) is 14.9. The van der Waals surface area contributed by atoms with Gasteiger partial charge in [0.1, 0.15) is 0 Å². The van der Waals surface area contributed by atoms with Crippen LogP contribution in [0.15, 0.2) is 18.2 Å². The van der Waals surface area contributed by atoms with Gasteiger partial charge in [-0.1, -0.05) is 50.4 Å². The van der Waals surface area contributed by atoms with Gasteiger partial charge in [0.2, 0.25) is 0 Å². The zero-order chi connectivity index (χ0) is 13.8. The Balaban J connectivity index is 1.94. The van der Waals surface area contributed by atoms with E-state index in [1.54, 1.807) is 0 Å². The number of benzene rings is 1. The van der Waals surface area contributed by atoms with E-state index in [1.807, 2.05) is 0 Å². The van der Waals surface area contributed by atoms with E-state index in [1.165, 1.54) is 31.2 Å². The second-order valence-electron chi connectivity index (χ2n) is 6.26. The van der Waals surface area contributed by atoms with Crippen LogP contribution in [0.3, 0.4) is 0 Å². The summed E-state index contributed by atoms with van der Waals surface area (Å²) in [6.07, 6.45) is 5.47. The lowest BCUT2D eigenvalue weighted by molar-refractivity contribution is 0.204. The number of nitrogens with one attached hydrogen (secondary N) is 1. The first-order chi connectivity index (χ1) is 9.08. The predicted molar refractivity (Wildman–Crippen MR) is 83.6 cm³/mol. The Kier molecular flexibility index (Phi) is 5.29. The molecule has 1 N–H and O–H groups in total. The maximum Gasteiger partial charge on any atom is 0.0438 e. The third-order valence-electron chi connectivity index (χ3n) is 4.48. The Labute approximate surface area is 122 Å². The fourth-order valence-electron chi connectivity index (χ4n) is 3.21. The van der Waals surface area contributed by atoms with Crippen molar-refractivity contribution >= 4 is 11.6 Å². The lowest BCUT2D eigenvalue weighted by Crippen LogP contribution is -2.40. The molecule has 2 rings (SSSR count). The van der Waals surface area contributed by atoms with Crippen LogP contribution in [0.5, 0.6) is 0 Å². The van der Waals surface area contributed by atoms with Gasteiger partial charge in [-0.25, -0.2) is 0 Å². The van der Waals surface area contributed by atoms with E-state index < -0.39 is 0 Å². The van der Waals surface area contributed by atoms with E-state index in [0.29, 0.717) is 6.04 Å². The first-order valence-electron chi connectivity index (χ1n) is 7.56. The van der Waals surface area contributed by atoms with Crippen LogP contribution in [0, 0.1) is 18.8 Å². The molecule has 1 aliphatic carbocycles. The highest BCUT2D eigenvalue weighted by Crippen LogP contribution is 2.30. The molecule has 2 heteroatoms. The molecule has 1 aliphatic rings. The van der Waals surface area contributed by atoms with Crippen molar-refractivity contribution in [2.24, 2.45) is 11.8 Å². The third-order valence-corrected chi connectivity index (χ3v) is 4.89. The molecule has 0 bridgehead atoms. The number of rotatable bonds is 4. The molecule has 0 radical (unpaired) electrons. The van der Waals surface area contributed by atoms with E-state index in [2.05, 4.69) is 44.3 Å². The van der Waals surface area contributed by atoms with E-state index >= 15 is 0 Å². The van der Waals surface area contributed by atoms with E-state index in [4.69, 9.17) is 11.6 Å². The molecule has 106 valence electrons. The van der Waals surface area contributed by atoms with Crippen molar-refractivity contribution in [3.8, 4) is 0 Å². The standard InChI is InChI=1S/C17H26ClN/c1-12(2)15-6-4-5-7-17(15)19-11-14-9-8-13(3)16(18)10-14/h8-10,12,15,17,19H,4-7,11H2,1-3H3. The maximum atomic E-state index is 6.19. The molecule has 1 saturated carbocycles. The summed E-state index contributed by atoms with van der Waals surface area (Å²) in [4.78, 5) is 0. The molecular formula is C17H26ClN. The molecule has 0 heterocycles. The van der Waals surface area contributed by atoms with Gasteiger partial charge in [0.25, 0.3) is 0 Å². The summed E-state index contributed by atoms with van der Waals surface area (Å²) in [6, 6.07) is 7.06. The summed E-state index contributed by atoms with van der Waals surface area (Å²) in [5, 5.41) is 4.64.